The van der Waals surface area contributed by atoms with E-state index in [1.807, 2.05) is 72.8 Å². The first-order valence-electron chi connectivity index (χ1n) is 7.05. The Morgan fingerprint density at radius 3 is 1.41 bits per heavy atom. The van der Waals surface area contributed by atoms with Crippen molar-refractivity contribution in [3.05, 3.63) is 72.8 Å². The van der Waals surface area contributed by atoms with Gasteiger partial charge < -0.3 is 10.6 Å². The molecular formula is C18H14B2N2. The predicted octanol–water partition coefficient (Wildman–Crippen LogP) is 2.76. The van der Waals surface area contributed by atoms with Gasteiger partial charge in [-0.25, -0.2) is 0 Å². The fourth-order valence-corrected chi connectivity index (χ4v) is 2.24. The third kappa shape index (κ3) is 3.53. The van der Waals surface area contributed by atoms with E-state index in [0.717, 1.165) is 33.7 Å². The minimum atomic E-state index is 0.728. The Labute approximate surface area is 133 Å². The zero-order valence-corrected chi connectivity index (χ0v) is 12.1. The molecule has 0 heterocycles. The number of rotatable bonds is 4. The minimum absolute atomic E-state index is 0.728. The van der Waals surface area contributed by atoms with Gasteiger partial charge in [-0.3, -0.25) is 0 Å². The van der Waals surface area contributed by atoms with Crippen LogP contribution >= 0.6 is 0 Å². The second kappa shape index (κ2) is 6.44. The number of anilines is 4. The van der Waals surface area contributed by atoms with E-state index in [1.165, 1.54) is 0 Å². The molecule has 2 N–H and O–H groups in total. The van der Waals surface area contributed by atoms with Gasteiger partial charge in [0.25, 0.3) is 0 Å². The lowest BCUT2D eigenvalue weighted by molar-refractivity contribution is 1.51. The molecule has 4 radical (unpaired) electrons. The molecule has 0 bridgehead atoms. The van der Waals surface area contributed by atoms with Crippen LogP contribution in [0.15, 0.2) is 72.8 Å². The maximum Gasteiger partial charge on any atom is 0.113 e. The molecule has 3 rings (SSSR count). The van der Waals surface area contributed by atoms with Gasteiger partial charge >= 0.3 is 0 Å². The van der Waals surface area contributed by atoms with Crippen molar-refractivity contribution in [2.75, 3.05) is 10.6 Å². The van der Waals surface area contributed by atoms with Gasteiger partial charge in [0.2, 0.25) is 0 Å². The van der Waals surface area contributed by atoms with Crippen molar-refractivity contribution in [3.8, 4) is 0 Å². The molecule has 0 unspecified atom stereocenters. The predicted molar refractivity (Wildman–Crippen MR) is 96.7 cm³/mol. The molecule has 0 aliphatic carbocycles. The number of para-hydroxylation sites is 2. The summed E-state index contributed by atoms with van der Waals surface area (Å²) in [6.45, 7) is 0. The van der Waals surface area contributed by atoms with Gasteiger partial charge in [-0.2, -0.15) is 0 Å². The molecule has 0 aliphatic heterocycles. The quantitative estimate of drug-likeness (QED) is 0.718. The fourth-order valence-electron chi connectivity index (χ4n) is 2.24. The molecule has 0 aromatic heterocycles. The van der Waals surface area contributed by atoms with E-state index in [9.17, 15) is 0 Å². The van der Waals surface area contributed by atoms with Gasteiger partial charge in [0.15, 0.2) is 0 Å². The highest BCUT2D eigenvalue weighted by Gasteiger charge is 2.03. The Kier molecular flexibility index (Phi) is 4.19. The molecule has 4 heteroatoms. The maximum atomic E-state index is 5.82. The van der Waals surface area contributed by atoms with Crippen LogP contribution in [-0.4, -0.2) is 15.7 Å². The molecule has 0 aliphatic rings. The Bertz CT molecular complexity index is 721. The zero-order chi connectivity index (χ0) is 15.4. The standard InChI is InChI=1S/C18H14B2N2/c19-13-5-3-7-15(11-13)21-17-9-1-2-10-18(17)22-16-8-4-6-14(20)12-16/h1-12,21-22H. The van der Waals surface area contributed by atoms with Crippen LogP contribution in [0.25, 0.3) is 0 Å². The van der Waals surface area contributed by atoms with E-state index in [-0.39, 0.29) is 0 Å². The van der Waals surface area contributed by atoms with Gasteiger partial charge in [-0.05, 0) is 36.4 Å². The van der Waals surface area contributed by atoms with Crippen LogP contribution in [0.4, 0.5) is 22.7 Å². The summed E-state index contributed by atoms with van der Waals surface area (Å²) in [5.41, 5.74) is 5.28. The van der Waals surface area contributed by atoms with E-state index in [1.54, 1.807) is 0 Å². The molecule has 102 valence electrons. The van der Waals surface area contributed by atoms with Crippen molar-refractivity contribution < 1.29 is 0 Å². The van der Waals surface area contributed by atoms with Crippen molar-refractivity contribution >= 4 is 49.4 Å². The summed E-state index contributed by atoms with van der Waals surface area (Å²) >= 11 is 0. The lowest BCUT2D eigenvalue weighted by Gasteiger charge is -2.14. The lowest BCUT2D eigenvalue weighted by atomic mass is 9.96. The molecule has 0 saturated heterocycles. The molecule has 0 saturated carbocycles. The fraction of sp³-hybridized carbons (Fsp3) is 0. The second-order valence-corrected chi connectivity index (χ2v) is 5.05. The third-order valence-corrected chi connectivity index (χ3v) is 3.26. The molecule has 2 nitrogen and oxygen atoms in total. The summed E-state index contributed by atoms with van der Waals surface area (Å²) in [6.07, 6.45) is 0. The summed E-state index contributed by atoms with van der Waals surface area (Å²) < 4.78 is 0. The first-order valence-corrected chi connectivity index (χ1v) is 7.05. The lowest BCUT2D eigenvalue weighted by Crippen LogP contribution is -2.05. The SMILES string of the molecule is [B]c1cccc(Nc2ccccc2Nc2cccc([B])c2)c1. The molecule has 3 aromatic carbocycles. The van der Waals surface area contributed by atoms with E-state index in [0.29, 0.717) is 0 Å². The van der Waals surface area contributed by atoms with Crippen LogP contribution < -0.4 is 21.6 Å². The van der Waals surface area contributed by atoms with Crippen LogP contribution in [0.3, 0.4) is 0 Å². The van der Waals surface area contributed by atoms with E-state index in [4.69, 9.17) is 15.7 Å². The summed E-state index contributed by atoms with van der Waals surface area (Å²) in [6, 6.07) is 23.3. The topological polar surface area (TPSA) is 24.1 Å². The van der Waals surface area contributed by atoms with Crippen LogP contribution in [0, 0.1) is 0 Å². The molecule has 0 fully saturated rings. The van der Waals surface area contributed by atoms with Crippen LogP contribution in [0.1, 0.15) is 0 Å². The normalized spacial score (nSPS) is 10.2. The number of hydrogen-bond donors (Lipinski definition) is 2. The average molecular weight is 280 g/mol. The molecular weight excluding hydrogens is 266 g/mol. The highest BCUT2D eigenvalue weighted by atomic mass is 15.0. The van der Waals surface area contributed by atoms with Gasteiger partial charge in [0.05, 0.1) is 11.4 Å². The third-order valence-electron chi connectivity index (χ3n) is 3.26. The Balaban J connectivity index is 1.86. The van der Waals surface area contributed by atoms with Crippen molar-refractivity contribution in [2.45, 2.75) is 0 Å². The van der Waals surface area contributed by atoms with Gasteiger partial charge in [-0.15, -0.1) is 0 Å². The largest absolute Gasteiger partial charge is 0.354 e. The molecule has 0 spiro atoms. The molecule has 3 aromatic rings. The molecule has 0 atom stereocenters. The van der Waals surface area contributed by atoms with Crippen molar-refractivity contribution in [3.63, 3.8) is 0 Å². The van der Waals surface area contributed by atoms with Crippen LogP contribution in [0.5, 0.6) is 0 Å². The van der Waals surface area contributed by atoms with E-state index >= 15 is 0 Å². The zero-order valence-electron chi connectivity index (χ0n) is 12.1. The molecule has 22 heavy (non-hydrogen) atoms. The average Bonchev–Trinajstić information content (AvgIpc) is 2.49. The Hall–Kier alpha value is -2.61. The smallest absolute Gasteiger partial charge is 0.113 e. The number of hydrogen-bond acceptors (Lipinski definition) is 2. The Morgan fingerprint density at radius 1 is 0.545 bits per heavy atom. The van der Waals surface area contributed by atoms with Crippen molar-refractivity contribution in [1.82, 2.24) is 0 Å². The van der Waals surface area contributed by atoms with Crippen molar-refractivity contribution in [1.29, 1.82) is 0 Å². The first kappa shape index (κ1) is 14.3. The summed E-state index contributed by atoms with van der Waals surface area (Å²) in [5.74, 6) is 0. The van der Waals surface area contributed by atoms with Crippen LogP contribution in [0.2, 0.25) is 0 Å². The van der Waals surface area contributed by atoms with Gasteiger partial charge in [0.1, 0.15) is 15.7 Å². The van der Waals surface area contributed by atoms with Gasteiger partial charge in [0, 0.05) is 11.4 Å². The summed E-state index contributed by atoms with van der Waals surface area (Å²) in [7, 11) is 11.6. The van der Waals surface area contributed by atoms with Crippen molar-refractivity contribution in [2.24, 2.45) is 0 Å². The Morgan fingerprint density at radius 2 is 1.00 bits per heavy atom. The number of benzene rings is 3. The van der Waals surface area contributed by atoms with Gasteiger partial charge in [-0.1, -0.05) is 47.3 Å². The van der Waals surface area contributed by atoms with E-state index in [2.05, 4.69) is 10.6 Å². The summed E-state index contributed by atoms with van der Waals surface area (Å²) in [4.78, 5) is 0. The second-order valence-electron chi connectivity index (χ2n) is 5.05. The minimum Gasteiger partial charge on any atom is -0.354 e. The van der Waals surface area contributed by atoms with Crippen LogP contribution in [-0.2, 0) is 0 Å². The monoisotopic (exact) mass is 280 g/mol. The molecule has 0 amide bonds. The maximum absolute atomic E-state index is 5.82. The number of nitrogens with one attached hydrogen (secondary N) is 2. The van der Waals surface area contributed by atoms with E-state index < -0.39 is 0 Å². The highest BCUT2D eigenvalue weighted by molar-refractivity contribution is 6.32. The highest BCUT2D eigenvalue weighted by Crippen LogP contribution is 2.27. The summed E-state index contributed by atoms with van der Waals surface area (Å²) in [5, 5.41) is 6.75. The first-order chi connectivity index (χ1) is 10.7.